The van der Waals surface area contributed by atoms with Crippen LogP contribution < -0.4 is 4.90 Å². The number of carbonyl (C=O) groups excluding carboxylic acids is 1. The van der Waals surface area contributed by atoms with Crippen molar-refractivity contribution in [1.29, 1.82) is 0 Å². The third-order valence-corrected chi connectivity index (χ3v) is 3.30. The van der Waals surface area contributed by atoms with Crippen LogP contribution in [0.2, 0.25) is 10.4 Å². The molecule has 0 aromatic carbocycles. The van der Waals surface area contributed by atoms with E-state index in [4.69, 9.17) is 28.7 Å². The van der Waals surface area contributed by atoms with Crippen LogP contribution in [0, 0.1) is 12.8 Å². The summed E-state index contributed by atoms with van der Waals surface area (Å²) in [6.07, 6.45) is 0.317. The van der Waals surface area contributed by atoms with E-state index in [-0.39, 0.29) is 28.8 Å². The maximum Gasteiger partial charge on any atom is 0.227 e. The van der Waals surface area contributed by atoms with Gasteiger partial charge in [-0.15, -0.1) is 0 Å². The van der Waals surface area contributed by atoms with Crippen molar-refractivity contribution in [3.05, 3.63) is 26.6 Å². The topological polar surface area (TPSA) is 94.8 Å². The third-order valence-electron chi connectivity index (χ3n) is 2.87. The smallest absolute Gasteiger partial charge is 0.227 e. The summed E-state index contributed by atoms with van der Waals surface area (Å²) in [5, 5.41) is 3.68. The zero-order valence-corrected chi connectivity index (χ0v) is 11.6. The number of amides is 1. The van der Waals surface area contributed by atoms with E-state index in [9.17, 15) is 4.79 Å². The summed E-state index contributed by atoms with van der Waals surface area (Å²) in [7, 11) is 0. The van der Waals surface area contributed by atoms with E-state index in [0.29, 0.717) is 24.3 Å². The van der Waals surface area contributed by atoms with Crippen LogP contribution in [0.15, 0.2) is 5.11 Å². The molecule has 2 rings (SSSR count). The fourth-order valence-electron chi connectivity index (χ4n) is 2.08. The van der Waals surface area contributed by atoms with Crippen molar-refractivity contribution >= 4 is 34.8 Å². The number of aromatic nitrogens is 2. The lowest BCUT2D eigenvalue weighted by Crippen LogP contribution is -2.26. The normalized spacial score (nSPS) is 18.6. The molecule has 0 saturated carbocycles. The van der Waals surface area contributed by atoms with Gasteiger partial charge in [-0.1, -0.05) is 16.7 Å². The first kappa shape index (κ1) is 13.9. The van der Waals surface area contributed by atoms with Crippen molar-refractivity contribution < 1.29 is 4.79 Å². The van der Waals surface area contributed by atoms with Crippen LogP contribution in [0.5, 0.6) is 0 Å². The molecule has 9 heteroatoms. The molecule has 0 N–H and O–H groups in total. The summed E-state index contributed by atoms with van der Waals surface area (Å²) in [4.78, 5) is 24.0. The standard InChI is InChI=1S/C10H10Cl2N6O/c1-5-8(9(11)16-10(12)15-5)18-4-6(2-7(18)19)3-14-17-13/h6H,2-4H2,1H3. The molecule has 0 spiro atoms. The Hall–Kier alpha value is -1.56. The number of aryl methyl sites for hydroxylation is 1. The Balaban J connectivity index is 2.28. The number of halogens is 2. The van der Waals surface area contributed by atoms with Crippen molar-refractivity contribution in [2.75, 3.05) is 18.0 Å². The monoisotopic (exact) mass is 300 g/mol. The van der Waals surface area contributed by atoms with Crippen molar-refractivity contribution in [3.8, 4) is 0 Å². The van der Waals surface area contributed by atoms with Gasteiger partial charge in [-0.3, -0.25) is 4.79 Å². The average molecular weight is 301 g/mol. The van der Waals surface area contributed by atoms with E-state index >= 15 is 0 Å². The molecule has 0 radical (unpaired) electrons. The van der Waals surface area contributed by atoms with Gasteiger partial charge in [-0.2, -0.15) is 0 Å². The molecule has 1 saturated heterocycles. The minimum atomic E-state index is -0.0888. The first-order valence-corrected chi connectivity index (χ1v) is 6.29. The number of rotatable bonds is 3. The highest BCUT2D eigenvalue weighted by Gasteiger charge is 2.33. The van der Waals surface area contributed by atoms with Gasteiger partial charge in [0.25, 0.3) is 0 Å². The molecule has 0 aliphatic carbocycles. The highest BCUT2D eigenvalue weighted by molar-refractivity contribution is 6.34. The lowest BCUT2D eigenvalue weighted by Gasteiger charge is -2.19. The fraction of sp³-hybridized carbons (Fsp3) is 0.500. The second-order valence-corrected chi connectivity index (χ2v) is 4.90. The summed E-state index contributed by atoms with van der Waals surface area (Å²) in [5.41, 5.74) is 9.31. The van der Waals surface area contributed by atoms with Crippen molar-refractivity contribution in [2.24, 2.45) is 11.0 Å². The van der Waals surface area contributed by atoms with Crippen molar-refractivity contribution in [1.82, 2.24) is 9.97 Å². The van der Waals surface area contributed by atoms with E-state index in [1.54, 1.807) is 6.92 Å². The van der Waals surface area contributed by atoms with E-state index in [1.165, 1.54) is 4.90 Å². The molecule has 1 unspecified atom stereocenters. The molecule has 1 aromatic heterocycles. The van der Waals surface area contributed by atoms with Crippen LogP contribution in [0.1, 0.15) is 12.1 Å². The van der Waals surface area contributed by atoms with Crippen LogP contribution in [0.25, 0.3) is 10.4 Å². The second-order valence-electron chi connectivity index (χ2n) is 4.21. The lowest BCUT2D eigenvalue weighted by molar-refractivity contribution is -0.117. The Bertz CT molecular complexity index is 548. The molecule has 1 fully saturated rings. The van der Waals surface area contributed by atoms with Crippen LogP contribution in [-0.2, 0) is 4.79 Å². The van der Waals surface area contributed by atoms with E-state index in [2.05, 4.69) is 20.0 Å². The quantitative estimate of drug-likeness (QED) is 0.282. The molecule has 2 heterocycles. The number of nitrogens with zero attached hydrogens (tertiary/aromatic N) is 6. The Morgan fingerprint density at radius 2 is 2.26 bits per heavy atom. The Morgan fingerprint density at radius 3 is 2.89 bits per heavy atom. The molecule has 1 aliphatic heterocycles. The van der Waals surface area contributed by atoms with Gasteiger partial charge in [-0.25, -0.2) is 9.97 Å². The van der Waals surface area contributed by atoms with Crippen LogP contribution in [0.3, 0.4) is 0 Å². The molecular formula is C10H10Cl2N6O. The maximum atomic E-state index is 12.0. The van der Waals surface area contributed by atoms with Gasteiger partial charge in [0.05, 0.1) is 5.69 Å². The zero-order valence-electron chi connectivity index (χ0n) is 10.0. The zero-order chi connectivity index (χ0) is 14.0. The van der Waals surface area contributed by atoms with Crippen LogP contribution in [-0.4, -0.2) is 29.0 Å². The SMILES string of the molecule is Cc1nc(Cl)nc(Cl)c1N1CC(CN=[N+]=[N-])CC1=O. The predicted molar refractivity (Wildman–Crippen MR) is 71.3 cm³/mol. The van der Waals surface area contributed by atoms with Gasteiger partial charge >= 0.3 is 0 Å². The Labute approximate surface area is 119 Å². The van der Waals surface area contributed by atoms with Crippen molar-refractivity contribution in [2.45, 2.75) is 13.3 Å². The highest BCUT2D eigenvalue weighted by atomic mass is 35.5. The van der Waals surface area contributed by atoms with Gasteiger partial charge in [0.15, 0.2) is 5.15 Å². The first-order valence-electron chi connectivity index (χ1n) is 5.53. The van der Waals surface area contributed by atoms with Gasteiger partial charge in [0.2, 0.25) is 11.2 Å². The summed E-state index contributed by atoms with van der Waals surface area (Å²) in [6.45, 7) is 2.43. The van der Waals surface area contributed by atoms with Gasteiger partial charge in [0.1, 0.15) is 5.69 Å². The van der Waals surface area contributed by atoms with Gasteiger partial charge in [0, 0.05) is 24.4 Å². The minimum Gasteiger partial charge on any atom is -0.308 e. The maximum absolute atomic E-state index is 12.0. The number of carbonyl (C=O) groups is 1. The molecule has 1 aliphatic rings. The molecule has 19 heavy (non-hydrogen) atoms. The number of hydrogen-bond donors (Lipinski definition) is 0. The Kier molecular flexibility index (Phi) is 4.09. The van der Waals surface area contributed by atoms with Gasteiger partial charge < -0.3 is 4.90 Å². The molecule has 1 aromatic rings. The molecule has 100 valence electrons. The summed E-state index contributed by atoms with van der Waals surface area (Å²) >= 11 is 11.7. The highest BCUT2D eigenvalue weighted by Crippen LogP contribution is 2.33. The summed E-state index contributed by atoms with van der Waals surface area (Å²) in [6, 6.07) is 0. The summed E-state index contributed by atoms with van der Waals surface area (Å²) < 4.78 is 0. The molecule has 1 atom stereocenters. The first-order chi connectivity index (χ1) is 9.02. The van der Waals surface area contributed by atoms with E-state index < -0.39 is 0 Å². The van der Waals surface area contributed by atoms with Crippen LogP contribution >= 0.6 is 23.2 Å². The third kappa shape index (κ3) is 2.89. The summed E-state index contributed by atoms with van der Waals surface area (Å²) in [5.74, 6) is -0.108. The molecule has 7 nitrogen and oxygen atoms in total. The second kappa shape index (κ2) is 5.61. The minimum absolute atomic E-state index is 0.0189. The number of azide groups is 1. The lowest BCUT2D eigenvalue weighted by atomic mass is 10.1. The van der Waals surface area contributed by atoms with Gasteiger partial charge in [-0.05, 0) is 30.0 Å². The Morgan fingerprint density at radius 1 is 1.53 bits per heavy atom. The number of hydrogen-bond acceptors (Lipinski definition) is 4. The fourth-order valence-corrected chi connectivity index (χ4v) is 2.65. The van der Waals surface area contributed by atoms with E-state index in [1.807, 2.05) is 0 Å². The largest absolute Gasteiger partial charge is 0.308 e. The van der Waals surface area contributed by atoms with Crippen LogP contribution in [0.4, 0.5) is 5.69 Å². The number of anilines is 1. The molecule has 0 bridgehead atoms. The van der Waals surface area contributed by atoms with E-state index in [0.717, 1.165) is 0 Å². The molecule has 1 amide bonds. The molecular weight excluding hydrogens is 291 g/mol. The predicted octanol–water partition coefficient (Wildman–Crippen LogP) is 2.76. The average Bonchev–Trinajstić information content (AvgIpc) is 2.67. The van der Waals surface area contributed by atoms with Crippen molar-refractivity contribution in [3.63, 3.8) is 0 Å².